The molecule has 0 atom stereocenters. The van der Waals surface area contributed by atoms with Gasteiger partial charge in [0.1, 0.15) is 0 Å². The Hall–Kier alpha value is -1.12. The smallest absolute Gasteiger partial charge is 0.422 e. The fourth-order valence-electron chi connectivity index (χ4n) is 0.996. The molecule has 0 unspecified atom stereocenters. The third-order valence-electron chi connectivity index (χ3n) is 1.83. The molecule has 0 aromatic rings. The molecule has 0 aliphatic heterocycles. The second-order valence-electron chi connectivity index (χ2n) is 3.61. The van der Waals surface area contributed by atoms with Crippen LogP contribution in [0.2, 0.25) is 0 Å². The van der Waals surface area contributed by atoms with Crippen molar-refractivity contribution in [1.29, 1.82) is 0 Å². The summed E-state index contributed by atoms with van der Waals surface area (Å²) < 4.78 is 54.3. The molecule has 0 saturated heterocycles. The SMILES string of the molecule is C=CCOCCOCCOCCC(=O)OCC(F)(F)F. The van der Waals surface area contributed by atoms with E-state index in [4.69, 9.17) is 14.2 Å². The predicted octanol–water partition coefficient (Wildman–Crippen LogP) is 1.72. The molecule has 0 radical (unpaired) electrons. The zero-order valence-corrected chi connectivity index (χ0v) is 11.1. The van der Waals surface area contributed by atoms with Crippen molar-refractivity contribution in [2.45, 2.75) is 12.6 Å². The lowest BCUT2D eigenvalue weighted by molar-refractivity contribution is -0.186. The molecule has 118 valence electrons. The Labute approximate surface area is 115 Å². The number of hydrogen-bond donors (Lipinski definition) is 0. The van der Waals surface area contributed by atoms with Crippen LogP contribution in [0.15, 0.2) is 12.7 Å². The van der Waals surface area contributed by atoms with E-state index in [-0.39, 0.29) is 19.6 Å². The minimum Gasteiger partial charge on any atom is -0.456 e. The number of carbonyl (C=O) groups excluding carboxylic acids is 1. The van der Waals surface area contributed by atoms with Crippen molar-refractivity contribution in [2.75, 3.05) is 46.2 Å². The van der Waals surface area contributed by atoms with E-state index in [2.05, 4.69) is 11.3 Å². The van der Waals surface area contributed by atoms with E-state index in [1.165, 1.54) is 0 Å². The number of alkyl halides is 3. The third kappa shape index (κ3) is 14.9. The number of halogens is 3. The predicted molar refractivity (Wildman–Crippen MR) is 64.3 cm³/mol. The van der Waals surface area contributed by atoms with Crippen molar-refractivity contribution in [1.82, 2.24) is 0 Å². The molecule has 8 heteroatoms. The van der Waals surface area contributed by atoms with Crippen LogP contribution in [0.3, 0.4) is 0 Å². The summed E-state index contributed by atoms with van der Waals surface area (Å²) in [5.74, 6) is -0.943. The summed E-state index contributed by atoms with van der Waals surface area (Å²) in [6.45, 7) is 3.77. The van der Waals surface area contributed by atoms with Crippen molar-refractivity contribution in [3.8, 4) is 0 Å². The van der Waals surface area contributed by atoms with Crippen LogP contribution >= 0.6 is 0 Å². The maximum Gasteiger partial charge on any atom is 0.422 e. The minimum atomic E-state index is -4.50. The van der Waals surface area contributed by atoms with Gasteiger partial charge in [-0.1, -0.05) is 6.08 Å². The van der Waals surface area contributed by atoms with E-state index in [1.807, 2.05) is 0 Å². The Bertz CT molecular complexity index is 268. The average Bonchev–Trinajstić information content (AvgIpc) is 2.38. The van der Waals surface area contributed by atoms with E-state index < -0.39 is 18.8 Å². The van der Waals surface area contributed by atoms with Gasteiger partial charge >= 0.3 is 12.1 Å². The Kier molecular flexibility index (Phi) is 11.0. The first-order valence-electron chi connectivity index (χ1n) is 6.02. The molecule has 5 nitrogen and oxygen atoms in total. The summed E-state index contributed by atoms with van der Waals surface area (Å²) in [4.78, 5) is 10.9. The topological polar surface area (TPSA) is 54.0 Å². The quantitative estimate of drug-likeness (QED) is 0.312. The summed E-state index contributed by atoms with van der Waals surface area (Å²) in [6, 6.07) is 0. The lowest BCUT2D eigenvalue weighted by atomic mass is 10.4. The zero-order chi connectivity index (χ0) is 15.3. The molecule has 20 heavy (non-hydrogen) atoms. The second-order valence-corrected chi connectivity index (χ2v) is 3.61. The highest BCUT2D eigenvalue weighted by atomic mass is 19.4. The molecule has 0 saturated carbocycles. The van der Waals surface area contributed by atoms with E-state index >= 15 is 0 Å². The molecule has 0 bridgehead atoms. The van der Waals surface area contributed by atoms with Crippen LogP contribution in [0.4, 0.5) is 13.2 Å². The van der Waals surface area contributed by atoms with Crippen molar-refractivity contribution >= 4 is 5.97 Å². The van der Waals surface area contributed by atoms with Crippen LogP contribution < -0.4 is 0 Å². The summed E-state index contributed by atoms with van der Waals surface area (Å²) >= 11 is 0. The first-order valence-corrected chi connectivity index (χ1v) is 6.02. The van der Waals surface area contributed by atoms with Gasteiger partial charge < -0.3 is 18.9 Å². The minimum absolute atomic E-state index is 0.00693. The third-order valence-corrected chi connectivity index (χ3v) is 1.83. The number of esters is 1. The molecule has 0 aromatic carbocycles. The normalized spacial score (nSPS) is 11.3. The van der Waals surface area contributed by atoms with Crippen molar-refractivity contribution in [2.24, 2.45) is 0 Å². The van der Waals surface area contributed by atoms with E-state index in [9.17, 15) is 18.0 Å². The van der Waals surface area contributed by atoms with Crippen LogP contribution in [-0.4, -0.2) is 58.4 Å². The van der Waals surface area contributed by atoms with Gasteiger partial charge in [0.15, 0.2) is 6.61 Å². The van der Waals surface area contributed by atoms with Crippen LogP contribution in [0.1, 0.15) is 6.42 Å². The molecule has 0 aliphatic carbocycles. The van der Waals surface area contributed by atoms with Crippen molar-refractivity contribution < 1.29 is 36.9 Å². The van der Waals surface area contributed by atoms with Gasteiger partial charge in [-0.2, -0.15) is 13.2 Å². The standard InChI is InChI=1S/C12H19F3O5/c1-2-4-17-6-8-19-9-7-18-5-3-11(16)20-10-12(13,14)15/h2H,1,3-10H2. The van der Waals surface area contributed by atoms with Gasteiger partial charge in [-0.3, -0.25) is 4.79 Å². The van der Waals surface area contributed by atoms with Crippen LogP contribution in [0.5, 0.6) is 0 Å². The van der Waals surface area contributed by atoms with Gasteiger partial charge in [0.2, 0.25) is 0 Å². The average molecular weight is 300 g/mol. The Balaban J connectivity index is 3.23. The molecular weight excluding hydrogens is 281 g/mol. The maximum atomic E-state index is 11.7. The first kappa shape index (κ1) is 18.9. The fourth-order valence-corrected chi connectivity index (χ4v) is 0.996. The maximum absolute atomic E-state index is 11.7. The van der Waals surface area contributed by atoms with E-state index in [0.29, 0.717) is 26.4 Å². The number of carbonyl (C=O) groups is 1. The number of ether oxygens (including phenoxy) is 4. The van der Waals surface area contributed by atoms with Gasteiger partial charge in [0.05, 0.1) is 46.1 Å². The molecular formula is C12H19F3O5. The Morgan fingerprint density at radius 1 is 1.00 bits per heavy atom. The van der Waals surface area contributed by atoms with Gasteiger partial charge in [-0.15, -0.1) is 6.58 Å². The summed E-state index contributed by atoms with van der Waals surface area (Å²) in [5.41, 5.74) is 0. The molecule has 0 fully saturated rings. The lowest BCUT2D eigenvalue weighted by Gasteiger charge is -2.08. The molecule has 0 rings (SSSR count). The van der Waals surface area contributed by atoms with Crippen LogP contribution in [-0.2, 0) is 23.7 Å². The molecule has 0 heterocycles. The number of rotatable bonds is 12. The highest BCUT2D eigenvalue weighted by molar-refractivity contribution is 5.69. The summed E-state index contributed by atoms with van der Waals surface area (Å²) in [5, 5.41) is 0. The van der Waals surface area contributed by atoms with E-state index in [0.717, 1.165) is 0 Å². The summed E-state index contributed by atoms with van der Waals surface area (Å²) in [6.07, 6.45) is -3.10. The molecule has 0 spiro atoms. The summed E-state index contributed by atoms with van der Waals surface area (Å²) in [7, 11) is 0. The first-order chi connectivity index (χ1) is 9.45. The molecule has 0 N–H and O–H groups in total. The van der Waals surface area contributed by atoms with Gasteiger partial charge in [-0.25, -0.2) is 0 Å². The van der Waals surface area contributed by atoms with Crippen LogP contribution in [0.25, 0.3) is 0 Å². The van der Waals surface area contributed by atoms with E-state index in [1.54, 1.807) is 6.08 Å². The molecule has 0 aromatic heterocycles. The molecule has 0 amide bonds. The van der Waals surface area contributed by atoms with Gasteiger partial charge in [0, 0.05) is 0 Å². The Morgan fingerprint density at radius 3 is 2.10 bits per heavy atom. The van der Waals surface area contributed by atoms with Crippen molar-refractivity contribution in [3.05, 3.63) is 12.7 Å². The fraction of sp³-hybridized carbons (Fsp3) is 0.750. The zero-order valence-electron chi connectivity index (χ0n) is 11.1. The van der Waals surface area contributed by atoms with Crippen molar-refractivity contribution in [3.63, 3.8) is 0 Å². The lowest BCUT2D eigenvalue weighted by Crippen LogP contribution is -2.21. The molecule has 0 aliphatic rings. The highest BCUT2D eigenvalue weighted by Crippen LogP contribution is 2.14. The van der Waals surface area contributed by atoms with Gasteiger partial charge in [-0.05, 0) is 0 Å². The number of hydrogen-bond acceptors (Lipinski definition) is 5. The second kappa shape index (κ2) is 11.7. The monoisotopic (exact) mass is 300 g/mol. The largest absolute Gasteiger partial charge is 0.456 e. The highest BCUT2D eigenvalue weighted by Gasteiger charge is 2.29. The van der Waals surface area contributed by atoms with Gasteiger partial charge in [0.25, 0.3) is 0 Å². The Morgan fingerprint density at radius 2 is 1.55 bits per heavy atom. The van der Waals surface area contributed by atoms with Crippen LogP contribution in [0, 0.1) is 0 Å².